The number of aromatic nitrogens is 6. The van der Waals surface area contributed by atoms with Crippen LogP contribution in [0.1, 0.15) is 6.92 Å². The molecule has 10 heteroatoms. The van der Waals surface area contributed by atoms with Crippen molar-refractivity contribution in [3.63, 3.8) is 0 Å². The lowest BCUT2D eigenvalue weighted by Gasteiger charge is -2.14. The van der Waals surface area contributed by atoms with E-state index in [2.05, 4.69) is 25.3 Å². The number of nitrogens with zero attached hydrogens (tertiary/aromatic N) is 6. The first-order chi connectivity index (χ1) is 11.0. The van der Waals surface area contributed by atoms with Gasteiger partial charge in [-0.15, -0.1) is 5.10 Å². The quantitative estimate of drug-likeness (QED) is 0.692. The van der Waals surface area contributed by atoms with Crippen molar-refractivity contribution in [2.75, 3.05) is 0 Å². The predicted octanol–water partition coefficient (Wildman–Crippen LogP) is 0.226. The second kappa shape index (κ2) is 6.26. The highest BCUT2D eigenvalue weighted by Gasteiger charge is 2.18. The van der Waals surface area contributed by atoms with Gasteiger partial charge in [0.15, 0.2) is 0 Å². The van der Waals surface area contributed by atoms with Gasteiger partial charge in [-0.05, 0) is 41.6 Å². The normalized spacial score (nSPS) is 13.1. The molecule has 2 heterocycles. The molecule has 0 bridgehead atoms. The minimum Gasteiger partial charge on any atom is -0.271 e. The average Bonchev–Trinajstić information content (AvgIpc) is 3.20. The van der Waals surface area contributed by atoms with Gasteiger partial charge in [-0.25, -0.2) is 17.8 Å². The standard InChI is InChI=1S/C13H15N7O2S/c1-11(9-19-7-3-6-15-19)16-23(21,22)13-5-2-4-12(8-13)20-10-14-17-18-20/h2-8,10-11,16H,9H2,1H3. The molecular weight excluding hydrogens is 318 g/mol. The smallest absolute Gasteiger partial charge is 0.240 e. The lowest BCUT2D eigenvalue weighted by atomic mass is 10.3. The zero-order chi connectivity index (χ0) is 16.3. The Morgan fingerprint density at radius 1 is 1.30 bits per heavy atom. The monoisotopic (exact) mass is 333 g/mol. The predicted molar refractivity (Wildman–Crippen MR) is 81.2 cm³/mol. The first kappa shape index (κ1) is 15.3. The molecule has 0 aliphatic carbocycles. The molecule has 3 aromatic rings. The van der Waals surface area contributed by atoms with Crippen molar-refractivity contribution < 1.29 is 8.42 Å². The molecule has 0 aliphatic heterocycles. The maximum absolute atomic E-state index is 12.5. The first-order valence-corrected chi connectivity index (χ1v) is 8.36. The van der Waals surface area contributed by atoms with Gasteiger partial charge in [0.1, 0.15) is 6.33 Å². The maximum atomic E-state index is 12.5. The Morgan fingerprint density at radius 3 is 2.87 bits per heavy atom. The molecular formula is C13H15N7O2S. The van der Waals surface area contributed by atoms with Crippen molar-refractivity contribution in [3.8, 4) is 5.69 Å². The summed E-state index contributed by atoms with van der Waals surface area (Å²) in [6.45, 7) is 2.23. The first-order valence-electron chi connectivity index (χ1n) is 6.88. The molecule has 0 amide bonds. The SMILES string of the molecule is CC(Cn1cccn1)NS(=O)(=O)c1cccc(-n2cnnn2)c1. The van der Waals surface area contributed by atoms with Gasteiger partial charge in [-0.1, -0.05) is 6.07 Å². The highest BCUT2D eigenvalue weighted by Crippen LogP contribution is 2.14. The molecule has 1 N–H and O–H groups in total. The molecule has 3 rings (SSSR count). The fourth-order valence-electron chi connectivity index (χ4n) is 2.13. The van der Waals surface area contributed by atoms with Gasteiger partial charge >= 0.3 is 0 Å². The van der Waals surface area contributed by atoms with Crippen LogP contribution in [-0.2, 0) is 16.6 Å². The Bertz CT molecular complexity index is 860. The van der Waals surface area contributed by atoms with Crippen LogP contribution in [-0.4, -0.2) is 44.4 Å². The van der Waals surface area contributed by atoms with Gasteiger partial charge < -0.3 is 0 Å². The fraction of sp³-hybridized carbons (Fsp3) is 0.231. The lowest BCUT2D eigenvalue weighted by molar-refractivity contribution is 0.494. The van der Waals surface area contributed by atoms with E-state index in [0.717, 1.165) is 0 Å². The van der Waals surface area contributed by atoms with Crippen LogP contribution in [0.2, 0.25) is 0 Å². The van der Waals surface area contributed by atoms with Gasteiger partial charge in [-0.3, -0.25) is 4.68 Å². The molecule has 23 heavy (non-hydrogen) atoms. The van der Waals surface area contributed by atoms with Crippen molar-refractivity contribution in [3.05, 3.63) is 49.1 Å². The van der Waals surface area contributed by atoms with E-state index >= 15 is 0 Å². The summed E-state index contributed by atoms with van der Waals surface area (Å²) in [5.74, 6) is 0. The summed E-state index contributed by atoms with van der Waals surface area (Å²) in [7, 11) is -3.65. The van der Waals surface area contributed by atoms with E-state index in [1.165, 1.54) is 23.1 Å². The average molecular weight is 333 g/mol. The molecule has 2 aromatic heterocycles. The molecule has 0 spiro atoms. The van der Waals surface area contributed by atoms with Crippen molar-refractivity contribution in [1.29, 1.82) is 0 Å². The van der Waals surface area contributed by atoms with Crippen molar-refractivity contribution in [2.24, 2.45) is 0 Å². The number of hydrogen-bond donors (Lipinski definition) is 1. The van der Waals surface area contributed by atoms with Crippen LogP contribution in [0.3, 0.4) is 0 Å². The van der Waals surface area contributed by atoms with E-state index in [9.17, 15) is 8.42 Å². The summed E-state index contributed by atoms with van der Waals surface area (Å²) in [6.07, 6.45) is 4.83. The summed E-state index contributed by atoms with van der Waals surface area (Å²) >= 11 is 0. The molecule has 120 valence electrons. The number of rotatable bonds is 6. The minimum atomic E-state index is -3.65. The number of nitrogens with one attached hydrogen (secondary N) is 1. The highest BCUT2D eigenvalue weighted by atomic mass is 32.2. The van der Waals surface area contributed by atoms with E-state index in [0.29, 0.717) is 12.2 Å². The summed E-state index contributed by atoms with van der Waals surface area (Å²) in [6, 6.07) is 7.89. The van der Waals surface area contributed by atoms with Crippen LogP contribution in [0, 0.1) is 0 Å². The van der Waals surface area contributed by atoms with E-state index in [-0.39, 0.29) is 10.9 Å². The van der Waals surface area contributed by atoms with Gasteiger partial charge in [0.2, 0.25) is 10.0 Å². The van der Waals surface area contributed by atoms with Gasteiger partial charge in [0.05, 0.1) is 17.1 Å². The molecule has 0 saturated carbocycles. The third kappa shape index (κ3) is 3.60. The molecule has 0 radical (unpaired) electrons. The Kier molecular flexibility index (Phi) is 4.17. The Morgan fingerprint density at radius 2 is 2.17 bits per heavy atom. The zero-order valence-electron chi connectivity index (χ0n) is 12.3. The van der Waals surface area contributed by atoms with Crippen LogP contribution in [0.4, 0.5) is 0 Å². The molecule has 0 saturated heterocycles. The zero-order valence-corrected chi connectivity index (χ0v) is 13.1. The minimum absolute atomic E-state index is 0.151. The summed E-state index contributed by atoms with van der Waals surface area (Å²) < 4.78 is 30.7. The molecule has 9 nitrogen and oxygen atoms in total. The van der Waals surface area contributed by atoms with Crippen molar-refractivity contribution in [1.82, 2.24) is 34.7 Å². The summed E-state index contributed by atoms with van der Waals surface area (Å²) in [4.78, 5) is 0.151. The van der Waals surface area contributed by atoms with Gasteiger partial charge in [-0.2, -0.15) is 5.10 Å². The third-order valence-corrected chi connectivity index (χ3v) is 4.71. The number of tetrazole rings is 1. The Hall–Kier alpha value is -2.59. The Labute approximate surface area is 133 Å². The number of benzene rings is 1. The van der Waals surface area contributed by atoms with Crippen LogP contribution in [0.15, 0.2) is 53.9 Å². The second-order valence-corrected chi connectivity index (χ2v) is 6.72. The Balaban J connectivity index is 1.78. The van der Waals surface area contributed by atoms with Crippen molar-refractivity contribution >= 4 is 10.0 Å². The largest absolute Gasteiger partial charge is 0.271 e. The molecule has 1 aromatic carbocycles. The number of hydrogen-bond acceptors (Lipinski definition) is 6. The topological polar surface area (TPSA) is 108 Å². The third-order valence-electron chi connectivity index (χ3n) is 3.12. The van der Waals surface area contributed by atoms with Crippen LogP contribution >= 0.6 is 0 Å². The fourth-order valence-corrected chi connectivity index (χ4v) is 3.41. The lowest BCUT2D eigenvalue weighted by Crippen LogP contribution is -2.35. The van der Waals surface area contributed by atoms with Crippen LogP contribution < -0.4 is 4.72 Å². The van der Waals surface area contributed by atoms with E-state index in [1.807, 2.05) is 0 Å². The molecule has 1 atom stereocenters. The van der Waals surface area contributed by atoms with E-state index < -0.39 is 10.0 Å². The molecule has 0 fully saturated rings. The van der Waals surface area contributed by atoms with Gasteiger partial charge in [0.25, 0.3) is 0 Å². The van der Waals surface area contributed by atoms with E-state index in [1.54, 1.807) is 42.2 Å². The second-order valence-electron chi connectivity index (χ2n) is 5.00. The highest BCUT2D eigenvalue weighted by molar-refractivity contribution is 7.89. The summed E-state index contributed by atoms with van der Waals surface area (Å²) in [5, 5.41) is 14.9. The van der Waals surface area contributed by atoms with Crippen molar-refractivity contribution in [2.45, 2.75) is 24.4 Å². The van der Waals surface area contributed by atoms with Gasteiger partial charge in [0, 0.05) is 18.4 Å². The van der Waals surface area contributed by atoms with Crippen LogP contribution in [0.5, 0.6) is 0 Å². The number of sulfonamides is 1. The van der Waals surface area contributed by atoms with E-state index in [4.69, 9.17) is 0 Å². The maximum Gasteiger partial charge on any atom is 0.240 e. The molecule has 0 aliphatic rings. The molecule has 1 unspecified atom stereocenters. The van der Waals surface area contributed by atoms with Crippen LogP contribution in [0.25, 0.3) is 5.69 Å². The summed E-state index contributed by atoms with van der Waals surface area (Å²) in [5.41, 5.74) is 0.567.